The molecule has 0 radical (unpaired) electrons. The first-order valence-corrected chi connectivity index (χ1v) is 12.4. The number of carbonyl (C=O) groups is 1. The number of thioether (sulfide) groups is 1. The number of hydrogen-bond donors (Lipinski definition) is 2. The number of anilines is 1. The van der Waals surface area contributed by atoms with Gasteiger partial charge >= 0.3 is 0 Å². The summed E-state index contributed by atoms with van der Waals surface area (Å²) in [7, 11) is 0. The second-order valence-corrected chi connectivity index (χ2v) is 11.0. The minimum atomic E-state index is 0.129. The van der Waals surface area contributed by atoms with Gasteiger partial charge < -0.3 is 10.6 Å². The summed E-state index contributed by atoms with van der Waals surface area (Å²) in [6.45, 7) is 2.25. The lowest BCUT2D eigenvalue weighted by Crippen LogP contribution is -2.56. The molecule has 0 unspecified atom stereocenters. The lowest BCUT2D eigenvalue weighted by atomic mass is 9.48. The van der Waals surface area contributed by atoms with Crippen molar-refractivity contribution in [1.29, 1.82) is 0 Å². The third kappa shape index (κ3) is 3.13. The van der Waals surface area contributed by atoms with Gasteiger partial charge in [-0.05, 0) is 86.1 Å². The maximum atomic E-state index is 12.8. The van der Waals surface area contributed by atoms with Crippen LogP contribution in [0.1, 0.15) is 45.4 Å². The van der Waals surface area contributed by atoms with E-state index < -0.39 is 0 Å². The molecule has 4 aliphatic carbocycles. The van der Waals surface area contributed by atoms with Crippen molar-refractivity contribution in [3.05, 3.63) is 36.4 Å². The summed E-state index contributed by atoms with van der Waals surface area (Å²) >= 11 is 1.50. The maximum Gasteiger partial charge on any atom is 0.230 e. The number of amides is 1. The fourth-order valence-corrected chi connectivity index (χ4v) is 7.81. The summed E-state index contributed by atoms with van der Waals surface area (Å²) in [5, 5.41) is 9.93. The molecule has 1 aliphatic heterocycles. The average Bonchev–Trinajstić information content (AvgIpc) is 2.72. The largest absolute Gasteiger partial charge is 0.352 e. The van der Waals surface area contributed by atoms with Crippen molar-refractivity contribution in [2.75, 3.05) is 11.1 Å². The lowest BCUT2D eigenvalue weighted by Gasteiger charge is -2.59. The van der Waals surface area contributed by atoms with Gasteiger partial charge in [-0.2, -0.15) is 0 Å². The van der Waals surface area contributed by atoms with Crippen LogP contribution in [-0.4, -0.2) is 22.9 Å². The zero-order chi connectivity index (χ0) is 20.3. The number of rotatable bonds is 4. The van der Waals surface area contributed by atoms with Crippen molar-refractivity contribution in [2.45, 2.75) is 51.5 Å². The number of benzene rings is 2. The Hall–Kier alpha value is -2.01. The van der Waals surface area contributed by atoms with Crippen LogP contribution in [0.15, 0.2) is 41.4 Å². The van der Waals surface area contributed by atoms with Gasteiger partial charge in [0.05, 0.1) is 17.1 Å². The molecule has 156 valence electrons. The molecule has 1 heterocycles. The van der Waals surface area contributed by atoms with E-state index >= 15 is 0 Å². The Bertz CT molecular complexity index is 1010. The van der Waals surface area contributed by atoms with E-state index in [9.17, 15) is 4.79 Å². The zero-order valence-corrected chi connectivity index (χ0v) is 18.3. The smallest absolute Gasteiger partial charge is 0.230 e. The predicted molar refractivity (Wildman–Crippen MR) is 125 cm³/mol. The Morgan fingerprint density at radius 1 is 1.13 bits per heavy atom. The number of amidine groups is 1. The molecule has 5 heteroatoms. The highest BCUT2D eigenvalue weighted by atomic mass is 32.2. The average molecular weight is 420 g/mol. The summed E-state index contributed by atoms with van der Waals surface area (Å²) in [4.78, 5) is 17.6. The molecule has 0 saturated heterocycles. The molecule has 4 nitrogen and oxygen atoms in total. The van der Waals surface area contributed by atoms with Gasteiger partial charge in [-0.25, -0.2) is 4.99 Å². The molecule has 2 aromatic rings. The fraction of sp³-hybridized carbons (Fsp3) is 0.520. The number of hydrogen-bond acceptors (Lipinski definition) is 4. The van der Waals surface area contributed by atoms with E-state index in [2.05, 4.69) is 41.8 Å². The summed E-state index contributed by atoms with van der Waals surface area (Å²) in [5.74, 6) is 3.26. The highest BCUT2D eigenvalue weighted by Crippen LogP contribution is 2.61. The summed E-state index contributed by atoms with van der Waals surface area (Å²) in [5.41, 5.74) is 2.40. The topological polar surface area (TPSA) is 53.5 Å². The van der Waals surface area contributed by atoms with E-state index in [1.165, 1.54) is 55.7 Å². The number of aliphatic imine (C=N–C) groups is 1. The molecule has 0 spiro atoms. The van der Waals surface area contributed by atoms with Crippen molar-refractivity contribution in [3.63, 3.8) is 0 Å². The first kappa shape index (κ1) is 18.7. The monoisotopic (exact) mass is 419 g/mol. The first-order valence-electron chi connectivity index (χ1n) is 11.4. The van der Waals surface area contributed by atoms with Gasteiger partial charge in [-0.15, -0.1) is 0 Å². The van der Waals surface area contributed by atoms with Crippen molar-refractivity contribution >= 4 is 45.0 Å². The Kier molecular flexibility index (Phi) is 4.38. The quantitative estimate of drug-likeness (QED) is 0.668. The van der Waals surface area contributed by atoms with E-state index in [1.54, 1.807) is 0 Å². The molecular formula is C25H29N3OS. The van der Waals surface area contributed by atoms with Crippen LogP contribution >= 0.6 is 11.8 Å². The molecule has 1 amide bonds. The number of carbonyl (C=O) groups excluding carboxylic acids is 1. The van der Waals surface area contributed by atoms with Crippen molar-refractivity contribution in [1.82, 2.24) is 5.32 Å². The van der Waals surface area contributed by atoms with E-state index in [1.807, 2.05) is 12.1 Å². The second kappa shape index (κ2) is 7.01. The van der Waals surface area contributed by atoms with Crippen molar-refractivity contribution in [2.24, 2.45) is 28.2 Å². The van der Waals surface area contributed by atoms with Crippen LogP contribution < -0.4 is 10.6 Å². The molecule has 4 bridgehead atoms. The highest BCUT2D eigenvalue weighted by molar-refractivity contribution is 8.14. The Labute approximate surface area is 182 Å². The molecule has 30 heavy (non-hydrogen) atoms. The molecule has 1 atom stereocenters. The highest BCUT2D eigenvalue weighted by Gasteiger charge is 2.53. The van der Waals surface area contributed by atoms with Crippen LogP contribution in [0.5, 0.6) is 0 Å². The SMILES string of the molecule is C[C@@H](NC(=O)CSC1=Nc2cccc3cccc(c23)N1)C12CC3CC(CC(C3)C1)C2. The van der Waals surface area contributed by atoms with Crippen LogP contribution in [0.4, 0.5) is 11.4 Å². The van der Waals surface area contributed by atoms with Crippen molar-refractivity contribution < 1.29 is 4.79 Å². The molecule has 4 saturated carbocycles. The van der Waals surface area contributed by atoms with E-state index in [-0.39, 0.29) is 11.9 Å². The van der Waals surface area contributed by atoms with Gasteiger partial charge in [0, 0.05) is 11.4 Å². The zero-order valence-electron chi connectivity index (χ0n) is 17.5. The van der Waals surface area contributed by atoms with Crippen LogP contribution in [0.3, 0.4) is 0 Å². The number of nitrogens with one attached hydrogen (secondary N) is 2. The molecule has 0 aromatic heterocycles. The van der Waals surface area contributed by atoms with Crippen LogP contribution in [0.2, 0.25) is 0 Å². The molecule has 2 aromatic carbocycles. The Balaban J connectivity index is 1.11. The summed E-state index contributed by atoms with van der Waals surface area (Å²) < 4.78 is 0. The van der Waals surface area contributed by atoms with E-state index in [4.69, 9.17) is 4.99 Å². The third-order valence-electron chi connectivity index (χ3n) is 8.07. The van der Waals surface area contributed by atoms with Gasteiger partial charge in [0.25, 0.3) is 0 Å². The van der Waals surface area contributed by atoms with Crippen LogP contribution in [0, 0.1) is 23.2 Å². The normalized spacial score (nSPS) is 31.9. The first-order chi connectivity index (χ1) is 14.6. The van der Waals surface area contributed by atoms with Crippen LogP contribution in [-0.2, 0) is 4.79 Å². The molecule has 2 N–H and O–H groups in total. The van der Waals surface area contributed by atoms with E-state index in [0.717, 1.165) is 39.7 Å². The van der Waals surface area contributed by atoms with Gasteiger partial charge in [-0.3, -0.25) is 4.79 Å². The maximum absolute atomic E-state index is 12.8. The van der Waals surface area contributed by atoms with Crippen molar-refractivity contribution in [3.8, 4) is 0 Å². The third-order valence-corrected chi connectivity index (χ3v) is 8.94. The Morgan fingerprint density at radius 3 is 2.50 bits per heavy atom. The molecular weight excluding hydrogens is 390 g/mol. The molecule has 5 aliphatic rings. The summed E-state index contributed by atoms with van der Waals surface area (Å²) in [6, 6.07) is 12.7. The minimum absolute atomic E-state index is 0.129. The fourth-order valence-electron chi connectivity index (χ4n) is 7.12. The predicted octanol–water partition coefficient (Wildman–Crippen LogP) is 5.71. The summed E-state index contributed by atoms with van der Waals surface area (Å²) in [6.07, 6.45) is 8.29. The molecule has 4 fully saturated rings. The van der Waals surface area contributed by atoms with Gasteiger partial charge in [0.1, 0.15) is 0 Å². The minimum Gasteiger partial charge on any atom is -0.352 e. The Morgan fingerprint density at radius 2 is 1.80 bits per heavy atom. The van der Waals surface area contributed by atoms with Gasteiger partial charge in [0.2, 0.25) is 5.91 Å². The second-order valence-electron chi connectivity index (χ2n) is 10.1. The number of nitrogens with zero attached hydrogens (tertiary/aromatic N) is 1. The lowest BCUT2D eigenvalue weighted by molar-refractivity contribution is -0.123. The van der Waals surface area contributed by atoms with Gasteiger partial charge in [-0.1, -0.05) is 36.0 Å². The van der Waals surface area contributed by atoms with E-state index in [0.29, 0.717) is 11.2 Å². The molecule has 7 rings (SSSR count). The van der Waals surface area contributed by atoms with Crippen LogP contribution in [0.25, 0.3) is 10.8 Å². The standard InChI is InChI=1S/C25H29N3OS/c1-15(25-11-16-8-17(12-25)10-18(9-16)13-25)26-22(29)14-30-24-27-20-6-2-4-19-5-3-7-21(28-24)23(19)20/h2-7,15-18H,8-14H2,1H3,(H,26,29)(H,27,28)/t15-,16?,17?,18?,25?/m1/s1. The van der Waals surface area contributed by atoms with Gasteiger partial charge in [0.15, 0.2) is 5.17 Å².